The Labute approximate surface area is 104 Å². The third-order valence-electron chi connectivity index (χ3n) is 5.53. The molecule has 1 N–H and O–H groups in total. The highest BCUT2D eigenvalue weighted by molar-refractivity contribution is 5.17. The fraction of sp³-hybridized carbons (Fsp3) is 1.00. The van der Waals surface area contributed by atoms with E-state index >= 15 is 0 Å². The number of ether oxygens (including phenoxy) is 1. The van der Waals surface area contributed by atoms with E-state index in [9.17, 15) is 5.11 Å². The van der Waals surface area contributed by atoms with E-state index in [0.29, 0.717) is 12.0 Å². The number of epoxide rings is 1. The van der Waals surface area contributed by atoms with Crippen LogP contribution in [-0.4, -0.2) is 46.9 Å². The van der Waals surface area contributed by atoms with Gasteiger partial charge >= 0.3 is 0 Å². The van der Waals surface area contributed by atoms with Crippen LogP contribution in [0.3, 0.4) is 0 Å². The standard InChI is InChI=1S/C14H25NO2/c1-13(2)9-14(12(8-16)17-14)10-6-4-5-7-11(10)15(13)3/h10-12,16H,4-9H2,1-3H3. The second-order valence-corrected chi connectivity index (χ2v) is 6.80. The van der Waals surface area contributed by atoms with Crippen molar-refractivity contribution >= 4 is 0 Å². The van der Waals surface area contributed by atoms with Gasteiger partial charge in [-0.1, -0.05) is 12.8 Å². The van der Waals surface area contributed by atoms with Crippen LogP contribution in [-0.2, 0) is 4.74 Å². The average molecular weight is 239 g/mol. The van der Waals surface area contributed by atoms with Crippen LogP contribution in [0.15, 0.2) is 0 Å². The van der Waals surface area contributed by atoms with Crippen LogP contribution < -0.4 is 0 Å². The lowest BCUT2D eigenvalue weighted by atomic mass is 9.65. The molecule has 17 heavy (non-hydrogen) atoms. The van der Waals surface area contributed by atoms with E-state index in [0.717, 1.165) is 6.42 Å². The van der Waals surface area contributed by atoms with Crippen LogP contribution in [0.2, 0.25) is 0 Å². The minimum absolute atomic E-state index is 0.00977. The van der Waals surface area contributed by atoms with E-state index < -0.39 is 0 Å². The SMILES string of the molecule is CN1C2CCCCC2C2(CC1(C)C)OC2CO. The highest BCUT2D eigenvalue weighted by Crippen LogP contribution is 2.58. The lowest BCUT2D eigenvalue weighted by molar-refractivity contribution is -0.0591. The number of nitrogens with zero attached hydrogens (tertiary/aromatic N) is 1. The molecular weight excluding hydrogens is 214 g/mol. The maximum absolute atomic E-state index is 9.41. The van der Waals surface area contributed by atoms with E-state index in [1.165, 1.54) is 25.7 Å². The molecule has 0 aromatic rings. The molecule has 3 rings (SSSR count). The lowest BCUT2D eigenvalue weighted by Crippen LogP contribution is -2.62. The average Bonchev–Trinajstić information content (AvgIpc) is 3.00. The quantitative estimate of drug-likeness (QED) is 0.709. The molecule has 2 heterocycles. The molecule has 3 heteroatoms. The fourth-order valence-corrected chi connectivity index (χ4v) is 4.43. The second kappa shape index (κ2) is 3.69. The Morgan fingerprint density at radius 1 is 1.29 bits per heavy atom. The molecule has 0 aromatic heterocycles. The molecule has 3 aliphatic rings. The predicted octanol–water partition coefficient (Wildman–Crippen LogP) is 1.79. The van der Waals surface area contributed by atoms with E-state index in [1.54, 1.807) is 0 Å². The van der Waals surface area contributed by atoms with Gasteiger partial charge in [-0.3, -0.25) is 4.90 Å². The Kier molecular flexibility index (Phi) is 2.59. The van der Waals surface area contributed by atoms with Crippen LogP contribution in [0.1, 0.15) is 46.0 Å². The molecule has 4 atom stereocenters. The molecule has 4 unspecified atom stereocenters. The molecule has 0 aromatic carbocycles. The largest absolute Gasteiger partial charge is 0.394 e. The molecule has 2 saturated heterocycles. The first kappa shape index (κ1) is 11.9. The van der Waals surface area contributed by atoms with Gasteiger partial charge in [0.1, 0.15) is 11.7 Å². The van der Waals surface area contributed by atoms with Crippen LogP contribution in [0.5, 0.6) is 0 Å². The minimum Gasteiger partial charge on any atom is -0.394 e. The molecule has 0 radical (unpaired) electrons. The van der Waals surface area contributed by atoms with Crippen molar-refractivity contribution in [3.8, 4) is 0 Å². The molecule has 2 aliphatic heterocycles. The van der Waals surface area contributed by atoms with Crippen molar-refractivity contribution in [1.82, 2.24) is 4.90 Å². The van der Waals surface area contributed by atoms with Crippen molar-refractivity contribution in [3.05, 3.63) is 0 Å². The summed E-state index contributed by atoms with van der Waals surface area (Å²) in [4.78, 5) is 2.57. The molecule has 1 aliphatic carbocycles. The third kappa shape index (κ3) is 1.59. The summed E-state index contributed by atoms with van der Waals surface area (Å²) in [6, 6.07) is 0.657. The Hall–Kier alpha value is -0.120. The van der Waals surface area contributed by atoms with Crippen molar-refractivity contribution in [2.75, 3.05) is 13.7 Å². The number of hydrogen-bond donors (Lipinski definition) is 1. The molecule has 98 valence electrons. The Balaban J connectivity index is 1.90. The zero-order valence-electron chi connectivity index (χ0n) is 11.3. The van der Waals surface area contributed by atoms with E-state index in [2.05, 4.69) is 25.8 Å². The van der Waals surface area contributed by atoms with E-state index in [1.807, 2.05) is 0 Å². The molecular formula is C14H25NO2. The Morgan fingerprint density at radius 3 is 2.65 bits per heavy atom. The number of aliphatic hydroxyl groups is 1. The van der Waals surface area contributed by atoms with Gasteiger partial charge in [0.05, 0.1) is 6.61 Å². The first-order chi connectivity index (χ1) is 8.01. The van der Waals surface area contributed by atoms with Crippen LogP contribution in [0, 0.1) is 5.92 Å². The Morgan fingerprint density at radius 2 is 2.00 bits per heavy atom. The summed E-state index contributed by atoms with van der Waals surface area (Å²) < 4.78 is 5.97. The predicted molar refractivity (Wildman–Crippen MR) is 66.9 cm³/mol. The topological polar surface area (TPSA) is 36.0 Å². The van der Waals surface area contributed by atoms with Crippen molar-refractivity contribution in [3.63, 3.8) is 0 Å². The maximum Gasteiger partial charge on any atom is 0.111 e. The van der Waals surface area contributed by atoms with Gasteiger partial charge < -0.3 is 9.84 Å². The first-order valence-corrected chi connectivity index (χ1v) is 7.03. The smallest absolute Gasteiger partial charge is 0.111 e. The second-order valence-electron chi connectivity index (χ2n) is 6.80. The zero-order valence-corrected chi connectivity index (χ0v) is 11.3. The highest BCUT2D eigenvalue weighted by atomic mass is 16.6. The van der Waals surface area contributed by atoms with Crippen LogP contribution in [0.4, 0.5) is 0 Å². The van der Waals surface area contributed by atoms with Gasteiger partial charge in [-0.05, 0) is 40.2 Å². The van der Waals surface area contributed by atoms with Gasteiger partial charge in [-0.15, -0.1) is 0 Å². The van der Waals surface area contributed by atoms with E-state index in [4.69, 9.17) is 4.74 Å². The van der Waals surface area contributed by atoms with Gasteiger partial charge in [0.2, 0.25) is 0 Å². The summed E-state index contributed by atoms with van der Waals surface area (Å²) in [5, 5.41) is 9.41. The van der Waals surface area contributed by atoms with Gasteiger partial charge in [-0.25, -0.2) is 0 Å². The molecule has 1 saturated carbocycles. The first-order valence-electron chi connectivity index (χ1n) is 7.03. The Bertz CT molecular complexity index is 317. The summed E-state index contributed by atoms with van der Waals surface area (Å²) in [7, 11) is 2.27. The summed E-state index contributed by atoms with van der Waals surface area (Å²) in [5.41, 5.74) is 0.207. The van der Waals surface area contributed by atoms with Gasteiger partial charge in [0.25, 0.3) is 0 Å². The van der Waals surface area contributed by atoms with Crippen molar-refractivity contribution in [2.24, 2.45) is 5.92 Å². The monoisotopic (exact) mass is 239 g/mol. The van der Waals surface area contributed by atoms with Crippen molar-refractivity contribution < 1.29 is 9.84 Å². The third-order valence-corrected chi connectivity index (χ3v) is 5.53. The number of hydrogen-bond acceptors (Lipinski definition) is 3. The highest BCUT2D eigenvalue weighted by Gasteiger charge is 2.67. The molecule has 0 bridgehead atoms. The number of fused-ring (bicyclic) bond motifs is 2. The fourth-order valence-electron chi connectivity index (χ4n) is 4.43. The molecule has 3 nitrogen and oxygen atoms in total. The molecule has 0 amide bonds. The zero-order chi connectivity index (χ0) is 12.3. The lowest BCUT2D eigenvalue weighted by Gasteiger charge is -2.54. The number of aliphatic hydroxyl groups excluding tert-OH is 1. The maximum atomic E-state index is 9.41. The summed E-state index contributed by atoms with van der Waals surface area (Å²) in [6.07, 6.45) is 6.44. The van der Waals surface area contributed by atoms with Crippen molar-refractivity contribution in [2.45, 2.75) is 69.2 Å². The molecule has 3 fully saturated rings. The summed E-state index contributed by atoms with van der Waals surface area (Å²) >= 11 is 0. The van der Waals surface area contributed by atoms with Crippen LogP contribution >= 0.6 is 0 Å². The number of likely N-dealkylation sites (tertiary alicyclic amines) is 1. The normalized spacial score (nSPS) is 49.1. The van der Waals surface area contributed by atoms with Gasteiger partial charge in [-0.2, -0.15) is 0 Å². The van der Waals surface area contributed by atoms with Gasteiger partial charge in [0, 0.05) is 17.5 Å². The molecule has 1 spiro atoms. The van der Waals surface area contributed by atoms with Gasteiger partial charge in [0.15, 0.2) is 0 Å². The number of piperidine rings is 1. The van der Waals surface area contributed by atoms with E-state index in [-0.39, 0.29) is 23.9 Å². The van der Waals surface area contributed by atoms with Crippen molar-refractivity contribution in [1.29, 1.82) is 0 Å². The minimum atomic E-state index is 0.00977. The number of rotatable bonds is 1. The summed E-state index contributed by atoms with van der Waals surface area (Å²) in [5.74, 6) is 0.645. The van der Waals surface area contributed by atoms with Crippen LogP contribution in [0.25, 0.3) is 0 Å². The summed E-state index contributed by atoms with van der Waals surface area (Å²) in [6.45, 7) is 4.83.